The zero-order valence-electron chi connectivity index (χ0n) is 16.7. The predicted molar refractivity (Wildman–Crippen MR) is 110 cm³/mol. The summed E-state index contributed by atoms with van der Waals surface area (Å²) in [5.74, 6) is -0.640. The van der Waals surface area contributed by atoms with Crippen LogP contribution in [0.2, 0.25) is 5.02 Å². The summed E-state index contributed by atoms with van der Waals surface area (Å²) in [6, 6.07) is 9.20. The molecule has 0 saturated heterocycles. The summed E-state index contributed by atoms with van der Waals surface area (Å²) in [7, 11) is 0. The highest BCUT2D eigenvalue weighted by Gasteiger charge is 2.20. The number of ether oxygens (including phenoxy) is 1. The van der Waals surface area contributed by atoms with E-state index in [0.717, 1.165) is 17.4 Å². The summed E-state index contributed by atoms with van der Waals surface area (Å²) in [6.07, 6.45) is 0.713. The Morgan fingerprint density at radius 3 is 2.61 bits per heavy atom. The molecule has 2 aromatic carbocycles. The van der Waals surface area contributed by atoms with Gasteiger partial charge in [-0.1, -0.05) is 39.3 Å². The van der Waals surface area contributed by atoms with E-state index in [-0.39, 0.29) is 22.8 Å². The van der Waals surface area contributed by atoms with E-state index in [4.69, 9.17) is 16.3 Å². The van der Waals surface area contributed by atoms with Gasteiger partial charge >= 0.3 is 0 Å². The second-order valence-electron chi connectivity index (χ2n) is 8.02. The maximum atomic E-state index is 13.3. The van der Waals surface area contributed by atoms with E-state index in [1.54, 1.807) is 0 Å². The molecule has 0 aromatic heterocycles. The monoisotopic (exact) mass is 407 g/mol. The Balaban J connectivity index is 1.84. The zero-order valence-corrected chi connectivity index (χ0v) is 17.4. The van der Waals surface area contributed by atoms with Crippen LogP contribution in [0.5, 0.6) is 11.5 Å². The van der Waals surface area contributed by atoms with Crippen molar-refractivity contribution < 1.29 is 19.0 Å². The summed E-state index contributed by atoms with van der Waals surface area (Å²) in [6.45, 7) is 9.32. The molecule has 2 N–H and O–H groups in total. The molecule has 0 aliphatic heterocycles. The number of phenolic OH excluding ortho intramolecular Hbond substituents is 1. The number of hydrogen-bond donors (Lipinski definition) is 2. The molecule has 0 spiro atoms. The number of phenols is 1. The van der Waals surface area contributed by atoms with E-state index < -0.39 is 11.6 Å². The topological polar surface area (TPSA) is 58.6 Å². The average Bonchev–Trinajstić information content (AvgIpc) is 2.62. The molecule has 0 aliphatic carbocycles. The number of carbonyl (C=O) groups is 1. The Morgan fingerprint density at radius 2 is 1.96 bits per heavy atom. The molecule has 0 heterocycles. The third-order valence-corrected chi connectivity index (χ3v) is 4.64. The number of carbonyl (C=O) groups excluding carboxylic acids is 1. The molecule has 2 rings (SSSR count). The summed E-state index contributed by atoms with van der Waals surface area (Å²) < 4.78 is 19.3. The Hall–Kier alpha value is -2.27. The quantitative estimate of drug-likeness (QED) is 0.653. The van der Waals surface area contributed by atoms with E-state index in [0.29, 0.717) is 24.6 Å². The fourth-order valence-corrected chi connectivity index (χ4v) is 2.88. The van der Waals surface area contributed by atoms with Crippen molar-refractivity contribution in [1.29, 1.82) is 0 Å². The number of nitrogens with one attached hydrogen (secondary N) is 1. The van der Waals surface area contributed by atoms with Crippen molar-refractivity contribution in [3.05, 3.63) is 58.4 Å². The molecule has 0 saturated carbocycles. The van der Waals surface area contributed by atoms with Gasteiger partial charge in [0.2, 0.25) is 0 Å². The van der Waals surface area contributed by atoms with E-state index in [1.165, 1.54) is 12.1 Å². The molecule has 6 heteroatoms. The second kappa shape index (κ2) is 9.28. The fraction of sp³-hybridized carbons (Fsp3) is 0.409. The standard InChI is InChI=1S/C22H27ClFNO3/c1-14(9-10-25-21(27)15-5-7-19(26)18(24)11-15)13-28-20-8-6-16(23)12-17(20)22(2,3)4/h5-8,11-12,14,26H,9-10,13H2,1-4H3,(H,25,27). The average molecular weight is 408 g/mol. The van der Waals surface area contributed by atoms with Crippen molar-refractivity contribution in [1.82, 2.24) is 5.32 Å². The van der Waals surface area contributed by atoms with Crippen molar-refractivity contribution in [2.75, 3.05) is 13.2 Å². The van der Waals surface area contributed by atoms with Crippen molar-refractivity contribution >= 4 is 17.5 Å². The lowest BCUT2D eigenvalue weighted by atomic mass is 9.86. The van der Waals surface area contributed by atoms with Gasteiger partial charge in [-0.05, 0) is 54.2 Å². The van der Waals surface area contributed by atoms with E-state index >= 15 is 0 Å². The Kier molecular flexibility index (Phi) is 7.30. The van der Waals surface area contributed by atoms with Crippen LogP contribution in [0.4, 0.5) is 4.39 Å². The van der Waals surface area contributed by atoms with Gasteiger partial charge in [-0.2, -0.15) is 0 Å². The first-order valence-electron chi connectivity index (χ1n) is 9.27. The minimum Gasteiger partial charge on any atom is -0.505 e. The van der Waals surface area contributed by atoms with Gasteiger partial charge in [0, 0.05) is 22.7 Å². The van der Waals surface area contributed by atoms with Gasteiger partial charge in [-0.3, -0.25) is 4.79 Å². The van der Waals surface area contributed by atoms with Crippen molar-refractivity contribution in [2.24, 2.45) is 5.92 Å². The first-order chi connectivity index (χ1) is 13.1. The van der Waals surface area contributed by atoms with Crippen LogP contribution in [0.25, 0.3) is 0 Å². The van der Waals surface area contributed by atoms with Crippen LogP contribution in [0.3, 0.4) is 0 Å². The maximum absolute atomic E-state index is 13.3. The smallest absolute Gasteiger partial charge is 0.251 e. The first-order valence-corrected chi connectivity index (χ1v) is 9.65. The molecule has 0 fully saturated rings. The van der Waals surface area contributed by atoms with E-state index in [1.807, 2.05) is 25.1 Å². The van der Waals surface area contributed by atoms with Crippen LogP contribution >= 0.6 is 11.6 Å². The lowest BCUT2D eigenvalue weighted by molar-refractivity contribution is 0.0949. The van der Waals surface area contributed by atoms with Crippen LogP contribution in [0.1, 0.15) is 50.0 Å². The maximum Gasteiger partial charge on any atom is 0.251 e. The largest absolute Gasteiger partial charge is 0.505 e. The van der Waals surface area contributed by atoms with Crippen molar-refractivity contribution in [3.63, 3.8) is 0 Å². The predicted octanol–water partition coefficient (Wildman–Crippen LogP) is 5.32. The number of rotatable bonds is 7. The van der Waals surface area contributed by atoms with Gasteiger partial charge in [0.25, 0.3) is 5.91 Å². The number of aromatic hydroxyl groups is 1. The van der Waals surface area contributed by atoms with Gasteiger partial charge in [-0.25, -0.2) is 4.39 Å². The third kappa shape index (κ3) is 6.13. The molecule has 28 heavy (non-hydrogen) atoms. The number of hydrogen-bond acceptors (Lipinski definition) is 3. The molecule has 152 valence electrons. The summed E-state index contributed by atoms with van der Waals surface area (Å²) in [5, 5.41) is 12.6. The molecule has 0 bridgehead atoms. The highest BCUT2D eigenvalue weighted by molar-refractivity contribution is 6.30. The zero-order chi connectivity index (χ0) is 20.9. The third-order valence-electron chi connectivity index (χ3n) is 4.41. The van der Waals surface area contributed by atoms with E-state index in [9.17, 15) is 14.3 Å². The SMILES string of the molecule is CC(CCNC(=O)c1ccc(O)c(F)c1)COc1ccc(Cl)cc1C(C)(C)C. The molecule has 0 radical (unpaired) electrons. The van der Waals surface area contributed by atoms with Gasteiger partial charge in [0.1, 0.15) is 5.75 Å². The fourth-order valence-electron chi connectivity index (χ4n) is 2.71. The van der Waals surface area contributed by atoms with Gasteiger partial charge < -0.3 is 15.2 Å². The van der Waals surface area contributed by atoms with Crippen LogP contribution in [0, 0.1) is 11.7 Å². The number of halogens is 2. The van der Waals surface area contributed by atoms with Crippen LogP contribution in [-0.2, 0) is 5.41 Å². The van der Waals surface area contributed by atoms with Gasteiger partial charge in [0.15, 0.2) is 11.6 Å². The highest BCUT2D eigenvalue weighted by atomic mass is 35.5. The summed E-state index contributed by atoms with van der Waals surface area (Å²) in [4.78, 5) is 12.1. The van der Waals surface area contributed by atoms with Crippen LogP contribution in [-0.4, -0.2) is 24.2 Å². The molecule has 2 aromatic rings. The minimum absolute atomic E-state index is 0.0865. The molecule has 1 unspecified atom stereocenters. The molecular formula is C22H27ClFNO3. The molecule has 1 atom stereocenters. The Labute approximate surface area is 170 Å². The van der Waals surface area contributed by atoms with Crippen molar-refractivity contribution in [3.8, 4) is 11.5 Å². The molecular weight excluding hydrogens is 381 g/mol. The van der Waals surface area contributed by atoms with Gasteiger partial charge in [0.05, 0.1) is 6.61 Å². The summed E-state index contributed by atoms with van der Waals surface area (Å²) in [5.41, 5.74) is 1.14. The van der Waals surface area contributed by atoms with Crippen LogP contribution < -0.4 is 10.1 Å². The molecule has 4 nitrogen and oxygen atoms in total. The number of benzene rings is 2. The van der Waals surface area contributed by atoms with E-state index in [2.05, 4.69) is 26.1 Å². The highest BCUT2D eigenvalue weighted by Crippen LogP contribution is 2.33. The second-order valence-corrected chi connectivity index (χ2v) is 8.45. The molecule has 0 aliphatic rings. The van der Waals surface area contributed by atoms with Gasteiger partial charge in [-0.15, -0.1) is 0 Å². The molecule has 1 amide bonds. The Morgan fingerprint density at radius 1 is 1.25 bits per heavy atom. The van der Waals surface area contributed by atoms with Crippen LogP contribution in [0.15, 0.2) is 36.4 Å². The minimum atomic E-state index is -0.813. The Bertz CT molecular complexity index is 833. The number of amides is 1. The van der Waals surface area contributed by atoms with Crippen molar-refractivity contribution in [2.45, 2.75) is 39.5 Å². The first kappa shape index (κ1) is 22.0. The normalized spacial score (nSPS) is 12.5. The lowest BCUT2D eigenvalue weighted by Gasteiger charge is -2.24. The summed E-state index contributed by atoms with van der Waals surface area (Å²) >= 11 is 6.12. The lowest BCUT2D eigenvalue weighted by Crippen LogP contribution is -2.26.